The van der Waals surface area contributed by atoms with Crippen LogP contribution in [0.25, 0.3) is 0 Å². The van der Waals surface area contributed by atoms with Gasteiger partial charge in [0.2, 0.25) is 0 Å². The van der Waals surface area contributed by atoms with Crippen LogP contribution >= 0.6 is 0 Å². The highest BCUT2D eigenvalue weighted by atomic mass is 15.5. The van der Waals surface area contributed by atoms with E-state index in [1.165, 1.54) is 107 Å². The molecule has 0 amide bonds. The molecule has 3 aliphatic heterocycles. The van der Waals surface area contributed by atoms with E-state index in [0.717, 1.165) is 75.9 Å². The van der Waals surface area contributed by atoms with Gasteiger partial charge in [0.1, 0.15) is 0 Å². The number of rotatable bonds is 16. The van der Waals surface area contributed by atoms with Crippen molar-refractivity contribution in [3.63, 3.8) is 0 Å². The second kappa shape index (κ2) is 18.7. The van der Waals surface area contributed by atoms with Crippen LogP contribution in [0.4, 0.5) is 0 Å². The fourth-order valence-electron chi connectivity index (χ4n) is 11.0. The van der Waals surface area contributed by atoms with Crippen LogP contribution in [0.5, 0.6) is 0 Å². The van der Waals surface area contributed by atoms with E-state index in [1.807, 2.05) is 0 Å². The average Bonchev–Trinajstić information content (AvgIpc) is 3.86. The summed E-state index contributed by atoms with van der Waals surface area (Å²) in [5.74, 6) is 4.20. The first-order valence-corrected chi connectivity index (χ1v) is 22.4. The predicted molar refractivity (Wildman–Crippen MR) is 226 cm³/mol. The maximum Gasteiger partial charge on any atom is 0.194 e. The van der Waals surface area contributed by atoms with Crippen molar-refractivity contribution in [3.05, 3.63) is 71.3 Å². The summed E-state index contributed by atoms with van der Waals surface area (Å²) in [6.07, 6.45) is 20.9. The van der Waals surface area contributed by atoms with Gasteiger partial charge in [-0.15, -0.1) is 0 Å². The average molecular weight is 736 g/mol. The van der Waals surface area contributed by atoms with Crippen LogP contribution in [-0.4, -0.2) is 95.0 Å². The van der Waals surface area contributed by atoms with Gasteiger partial charge in [-0.1, -0.05) is 140 Å². The van der Waals surface area contributed by atoms with Gasteiger partial charge in [-0.25, -0.2) is 0 Å². The molecule has 3 heterocycles. The van der Waals surface area contributed by atoms with Crippen LogP contribution < -0.4 is 5.73 Å². The Kier molecular flexibility index (Phi) is 13.6. The number of benzene rings is 2. The van der Waals surface area contributed by atoms with Crippen LogP contribution in [0.1, 0.15) is 133 Å². The number of hydrogen-bond donors (Lipinski definition) is 2. The second-order valence-electron chi connectivity index (χ2n) is 18.6. The summed E-state index contributed by atoms with van der Waals surface area (Å²) in [7, 11) is 0. The number of nitrogens with two attached hydrogens (primary N) is 1. The molecule has 296 valence electrons. The summed E-state index contributed by atoms with van der Waals surface area (Å²) < 4.78 is 0. The maximum atomic E-state index is 9.98. The quantitative estimate of drug-likeness (QED) is 0.180. The Morgan fingerprint density at radius 1 is 0.741 bits per heavy atom. The Morgan fingerprint density at radius 2 is 1.44 bits per heavy atom. The van der Waals surface area contributed by atoms with Crippen molar-refractivity contribution in [2.45, 2.75) is 154 Å². The maximum absolute atomic E-state index is 9.98. The molecule has 2 aromatic carbocycles. The Morgan fingerprint density at radius 3 is 2.15 bits per heavy atom. The number of aliphatic imine (C=N–C) groups is 1. The zero-order valence-electron chi connectivity index (χ0n) is 34.2. The SMILES string of the molecule is CC(C)Cc1ccc(C(C)CN2C(=N)N([C@@H](CC3CCCCC3)CN3CCCC3CN3C(N)=NC[C@@H]3Cc3ccccc3)C[C@@H]2CC2CCCCC2)cc1. The molecule has 2 aliphatic carbocycles. The number of likely N-dealkylation sites (tertiary alicyclic amines) is 1. The van der Waals surface area contributed by atoms with Crippen molar-refractivity contribution in [2.24, 2.45) is 28.5 Å². The molecule has 7 heteroatoms. The first kappa shape index (κ1) is 39.2. The van der Waals surface area contributed by atoms with Gasteiger partial charge in [0, 0.05) is 44.3 Å². The smallest absolute Gasteiger partial charge is 0.194 e. The first-order valence-electron chi connectivity index (χ1n) is 22.4. The largest absolute Gasteiger partial charge is 0.370 e. The lowest BCUT2D eigenvalue weighted by Crippen LogP contribution is -2.52. The molecule has 0 spiro atoms. The molecule has 3 N–H and O–H groups in total. The van der Waals surface area contributed by atoms with Gasteiger partial charge >= 0.3 is 0 Å². The number of hydrogen-bond acceptors (Lipinski definition) is 5. The fourth-order valence-corrected chi connectivity index (χ4v) is 11.0. The van der Waals surface area contributed by atoms with Gasteiger partial charge in [0.05, 0.1) is 12.6 Å². The van der Waals surface area contributed by atoms with E-state index < -0.39 is 0 Å². The Hall–Kier alpha value is -3.06. The van der Waals surface area contributed by atoms with Crippen molar-refractivity contribution in [3.8, 4) is 0 Å². The van der Waals surface area contributed by atoms with E-state index in [9.17, 15) is 5.41 Å². The van der Waals surface area contributed by atoms with Gasteiger partial charge < -0.3 is 20.4 Å². The zero-order valence-corrected chi connectivity index (χ0v) is 34.2. The van der Waals surface area contributed by atoms with Crippen molar-refractivity contribution in [1.82, 2.24) is 19.6 Å². The van der Waals surface area contributed by atoms with Crippen LogP contribution in [0.3, 0.4) is 0 Å². The van der Waals surface area contributed by atoms with Gasteiger partial charge in [-0.2, -0.15) is 0 Å². The van der Waals surface area contributed by atoms with Crippen LogP contribution in [0, 0.1) is 23.2 Å². The van der Waals surface area contributed by atoms with E-state index in [0.29, 0.717) is 36.0 Å². The van der Waals surface area contributed by atoms with Crippen LogP contribution in [-0.2, 0) is 12.8 Å². The summed E-state index contributed by atoms with van der Waals surface area (Å²) in [4.78, 5) is 15.2. The Labute approximate surface area is 328 Å². The molecule has 0 aromatic heterocycles. The minimum absolute atomic E-state index is 0.335. The fraction of sp³-hybridized carbons (Fsp3) is 0.702. The molecule has 5 aliphatic rings. The standard InChI is InChI=1S/C47H73N7/c1-35(2)26-40-21-23-41(24-22-40)36(3)31-53-45(29-39-18-11-6-12-19-39)34-54(47(53)49)44(28-38-16-9-5-10-17-38)32-51-25-13-20-42(51)33-52-43(30-50-46(52)48)27-37-14-7-4-8-15-37/h4,7-8,14-15,21-24,35-36,38-39,42-45,49H,5-6,9-13,16-20,25-34H2,1-3H3,(H2,48,50)/t36?,42?,43-,44-,45-/m0/s1. The van der Waals surface area contributed by atoms with Crippen molar-refractivity contribution in [2.75, 3.05) is 39.3 Å². The van der Waals surface area contributed by atoms with Crippen molar-refractivity contribution in [1.29, 1.82) is 5.41 Å². The van der Waals surface area contributed by atoms with Gasteiger partial charge in [-0.05, 0) is 85.4 Å². The predicted octanol–water partition coefficient (Wildman–Crippen LogP) is 8.92. The molecular weight excluding hydrogens is 663 g/mol. The third-order valence-electron chi connectivity index (χ3n) is 14.0. The van der Waals surface area contributed by atoms with E-state index in [2.05, 4.69) is 95.0 Å². The normalized spacial score (nSPS) is 25.9. The van der Waals surface area contributed by atoms with E-state index in [1.54, 1.807) is 0 Å². The molecule has 54 heavy (non-hydrogen) atoms. The molecule has 5 atom stereocenters. The summed E-state index contributed by atoms with van der Waals surface area (Å²) in [5.41, 5.74) is 10.8. The van der Waals surface area contributed by atoms with Crippen LogP contribution in [0.2, 0.25) is 0 Å². The highest BCUT2D eigenvalue weighted by Crippen LogP contribution is 2.36. The molecule has 7 nitrogen and oxygen atoms in total. The molecule has 2 unspecified atom stereocenters. The number of nitrogens with zero attached hydrogens (tertiary/aromatic N) is 5. The molecule has 0 bridgehead atoms. The Balaban J connectivity index is 1.08. The molecule has 4 fully saturated rings. The van der Waals surface area contributed by atoms with Crippen molar-refractivity contribution < 1.29 is 0 Å². The van der Waals surface area contributed by atoms with E-state index in [-0.39, 0.29) is 0 Å². The van der Waals surface area contributed by atoms with Crippen molar-refractivity contribution >= 4 is 11.9 Å². The summed E-state index contributed by atoms with van der Waals surface area (Å²) >= 11 is 0. The molecule has 2 aromatic rings. The molecular formula is C47H73N7. The minimum Gasteiger partial charge on any atom is -0.370 e. The summed E-state index contributed by atoms with van der Waals surface area (Å²) in [6.45, 7) is 12.9. The monoisotopic (exact) mass is 736 g/mol. The van der Waals surface area contributed by atoms with E-state index in [4.69, 9.17) is 10.7 Å². The third-order valence-corrected chi connectivity index (χ3v) is 14.0. The zero-order chi connectivity index (χ0) is 37.4. The molecule has 2 saturated heterocycles. The highest BCUT2D eigenvalue weighted by Gasteiger charge is 2.42. The third kappa shape index (κ3) is 10.0. The Bertz CT molecular complexity index is 1480. The summed E-state index contributed by atoms with van der Waals surface area (Å²) in [5, 5.41) is 9.98. The molecule has 7 rings (SSSR count). The molecule has 2 saturated carbocycles. The van der Waals surface area contributed by atoms with E-state index >= 15 is 0 Å². The number of guanidine groups is 2. The van der Waals surface area contributed by atoms with Gasteiger partial charge in [0.25, 0.3) is 0 Å². The first-order chi connectivity index (χ1) is 26.3. The molecule has 0 radical (unpaired) electrons. The topological polar surface area (TPSA) is 75.2 Å². The van der Waals surface area contributed by atoms with Gasteiger partial charge in [0.15, 0.2) is 11.9 Å². The summed E-state index contributed by atoms with van der Waals surface area (Å²) in [6, 6.07) is 22.0. The second-order valence-corrected chi connectivity index (χ2v) is 18.6. The lowest BCUT2D eigenvalue weighted by atomic mass is 9.83. The number of nitrogens with one attached hydrogen (secondary N) is 1. The lowest BCUT2D eigenvalue weighted by molar-refractivity contribution is 0.137. The van der Waals surface area contributed by atoms with Gasteiger partial charge in [-0.3, -0.25) is 15.3 Å². The van der Waals surface area contributed by atoms with Crippen LogP contribution in [0.15, 0.2) is 59.6 Å². The lowest BCUT2D eigenvalue weighted by Gasteiger charge is -2.39. The minimum atomic E-state index is 0.335. The highest BCUT2D eigenvalue weighted by molar-refractivity contribution is 5.80.